The van der Waals surface area contributed by atoms with E-state index in [9.17, 15) is 18.0 Å². The number of benzene rings is 1. The SMILES string of the molecule is CC(C)(C)CN(CCCO)C(=O)Nc1ccc(OC(F)F)c(F)c1. The van der Waals surface area contributed by atoms with Crippen molar-refractivity contribution in [3.05, 3.63) is 24.0 Å². The van der Waals surface area contributed by atoms with Crippen LogP contribution in [0.2, 0.25) is 0 Å². The first-order chi connectivity index (χ1) is 11.1. The van der Waals surface area contributed by atoms with Crippen LogP contribution in [0.3, 0.4) is 0 Å². The minimum absolute atomic E-state index is 0.0534. The number of carbonyl (C=O) groups is 1. The monoisotopic (exact) mass is 348 g/mol. The Balaban J connectivity index is 2.80. The van der Waals surface area contributed by atoms with E-state index in [4.69, 9.17) is 5.11 Å². The van der Waals surface area contributed by atoms with Gasteiger partial charge in [0.15, 0.2) is 11.6 Å². The lowest BCUT2D eigenvalue weighted by Crippen LogP contribution is -2.41. The third kappa shape index (κ3) is 7.08. The first-order valence-corrected chi connectivity index (χ1v) is 7.53. The lowest BCUT2D eigenvalue weighted by molar-refractivity contribution is -0.0521. The number of rotatable bonds is 7. The van der Waals surface area contributed by atoms with E-state index in [1.54, 1.807) is 0 Å². The summed E-state index contributed by atoms with van der Waals surface area (Å²) in [5.74, 6) is -1.58. The number of nitrogens with zero attached hydrogens (tertiary/aromatic N) is 1. The van der Waals surface area contributed by atoms with Gasteiger partial charge in [-0.2, -0.15) is 8.78 Å². The highest BCUT2D eigenvalue weighted by Crippen LogP contribution is 2.23. The summed E-state index contributed by atoms with van der Waals surface area (Å²) >= 11 is 0. The molecule has 0 aliphatic carbocycles. The van der Waals surface area contributed by atoms with Gasteiger partial charge in [0, 0.05) is 31.5 Å². The number of halogens is 3. The number of aliphatic hydroxyl groups is 1. The van der Waals surface area contributed by atoms with Crippen molar-refractivity contribution in [3.63, 3.8) is 0 Å². The molecule has 8 heteroatoms. The number of hydrogen-bond acceptors (Lipinski definition) is 3. The number of ether oxygens (including phenoxy) is 1. The fourth-order valence-corrected chi connectivity index (χ4v) is 2.06. The van der Waals surface area contributed by atoms with Gasteiger partial charge in [-0.25, -0.2) is 9.18 Å². The predicted molar refractivity (Wildman–Crippen MR) is 84.8 cm³/mol. The minimum atomic E-state index is -3.12. The van der Waals surface area contributed by atoms with Crippen LogP contribution in [0.25, 0.3) is 0 Å². The van der Waals surface area contributed by atoms with Crippen LogP contribution in [-0.2, 0) is 0 Å². The zero-order chi connectivity index (χ0) is 18.3. The van der Waals surface area contributed by atoms with Crippen molar-refractivity contribution < 1.29 is 27.8 Å². The molecule has 0 heterocycles. The second kappa shape index (κ2) is 8.77. The first-order valence-electron chi connectivity index (χ1n) is 7.53. The molecule has 0 atom stereocenters. The average Bonchev–Trinajstić information content (AvgIpc) is 2.44. The molecule has 2 N–H and O–H groups in total. The van der Waals surface area contributed by atoms with Crippen LogP contribution >= 0.6 is 0 Å². The maximum atomic E-state index is 13.7. The molecule has 5 nitrogen and oxygen atoms in total. The van der Waals surface area contributed by atoms with Crippen LogP contribution < -0.4 is 10.1 Å². The molecular formula is C16H23F3N2O3. The molecule has 0 aliphatic rings. The van der Waals surface area contributed by atoms with E-state index in [1.807, 2.05) is 20.8 Å². The molecular weight excluding hydrogens is 325 g/mol. The fourth-order valence-electron chi connectivity index (χ4n) is 2.06. The van der Waals surface area contributed by atoms with Crippen molar-refractivity contribution in [1.82, 2.24) is 4.90 Å². The van der Waals surface area contributed by atoms with Gasteiger partial charge in [-0.3, -0.25) is 0 Å². The van der Waals surface area contributed by atoms with E-state index in [-0.39, 0.29) is 17.7 Å². The van der Waals surface area contributed by atoms with E-state index < -0.39 is 24.2 Å². The summed E-state index contributed by atoms with van der Waals surface area (Å²) in [6.07, 6.45) is 0.416. The van der Waals surface area contributed by atoms with Crippen molar-refractivity contribution in [3.8, 4) is 5.75 Å². The molecule has 24 heavy (non-hydrogen) atoms. The van der Waals surface area contributed by atoms with Crippen molar-refractivity contribution >= 4 is 11.7 Å². The molecule has 0 saturated heterocycles. The highest BCUT2D eigenvalue weighted by molar-refractivity contribution is 5.89. The highest BCUT2D eigenvalue weighted by atomic mass is 19.3. The van der Waals surface area contributed by atoms with E-state index in [0.29, 0.717) is 19.5 Å². The predicted octanol–water partition coefficient (Wildman–Crippen LogP) is 3.69. The third-order valence-corrected chi connectivity index (χ3v) is 2.94. The Bertz CT molecular complexity index is 548. The smallest absolute Gasteiger partial charge is 0.387 e. The lowest BCUT2D eigenvalue weighted by Gasteiger charge is -2.30. The zero-order valence-corrected chi connectivity index (χ0v) is 14.0. The molecule has 0 aliphatic heterocycles. The molecule has 2 amide bonds. The van der Waals surface area contributed by atoms with Crippen LogP contribution in [0.15, 0.2) is 18.2 Å². The molecule has 0 saturated carbocycles. The summed E-state index contributed by atoms with van der Waals surface area (Å²) in [6.45, 7) is 3.48. The molecule has 0 unspecified atom stereocenters. The molecule has 1 aromatic rings. The molecule has 1 rings (SSSR count). The second-order valence-electron chi connectivity index (χ2n) is 6.51. The number of hydrogen-bond donors (Lipinski definition) is 2. The van der Waals surface area contributed by atoms with Gasteiger partial charge in [0.05, 0.1) is 0 Å². The lowest BCUT2D eigenvalue weighted by atomic mass is 9.96. The molecule has 1 aromatic carbocycles. The van der Waals surface area contributed by atoms with Crippen LogP contribution in [0, 0.1) is 11.2 Å². The van der Waals surface area contributed by atoms with Gasteiger partial charge in [0.25, 0.3) is 0 Å². The number of urea groups is 1. The van der Waals surface area contributed by atoms with Crippen LogP contribution in [0.5, 0.6) is 5.75 Å². The standard InChI is InChI=1S/C16H23F3N2O3/c1-16(2,3)10-21(7-4-8-22)15(23)20-11-5-6-13(12(17)9-11)24-14(18)19/h5-6,9,14,22H,4,7-8,10H2,1-3H3,(H,20,23). The summed E-state index contributed by atoms with van der Waals surface area (Å²) in [4.78, 5) is 13.8. The first kappa shape index (κ1) is 20.1. The summed E-state index contributed by atoms with van der Waals surface area (Å²) in [6, 6.07) is 2.76. The molecule has 0 bridgehead atoms. The topological polar surface area (TPSA) is 61.8 Å². The number of alkyl halides is 2. The van der Waals surface area contributed by atoms with Crippen molar-refractivity contribution in [2.75, 3.05) is 25.0 Å². The largest absolute Gasteiger partial charge is 0.432 e. The van der Waals surface area contributed by atoms with Gasteiger partial charge >= 0.3 is 12.6 Å². The minimum Gasteiger partial charge on any atom is -0.432 e. The Morgan fingerprint density at radius 3 is 2.54 bits per heavy atom. The third-order valence-electron chi connectivity index (χ3n) is 2.94. The highest BCUT2D eigenvalue weighted by Gasteiger charge is 2.21. The van der Waals surface area contributed by atoms with Gasteiger partial charge in [0.2, 0.25) is 0 Å². The van der Waals surface area contributed by atoms with Gasteiger partial charge in [-0.05, 0) is 24.0 Å². The Labute approximate surface area is 139 Å². The molecule has 0 fully saturated rings. The molecule has 0 radical (unpaired) electrons. The Hall–Kier alpha value is -1.96. The summed E-state index contributed by atoms with van der Waals surface area (Å²) in [5, 5.41) is 11.5. The number of amides is 2. The van der Waals surface area contributed by atoms with Gasteiger partial charge in [-0.1, -0.05) is 20.8 Å². The quantitative estimate of drug-likeness (QED) is 0.790. The van der Waals surface area contributed by atoms with Crippen molar-refractivity contribution in [1.29, 1.82) is 0 Å². The Kier molecular flexibility index (Phi) is 7.34. The molecule has 136 valence electrons. The number of aliphatic hydroxyl groups excluding tert-OH is 1. The Morgan fingerprint density at radius 2 is 2.04 bits per heavy atom. The van der Waals surface area contributed by atoms with E-state index >= 15 is 0 Å². The van der Waals surface area contributed by atoms with Crippen molar-refractivity contribution in [2.45, 2.75) is 33.8 Å². The summed E-state index contributed by atoms with van der Waals surface area (Å²) in [7, 11) is 0. The molecule has 0 aromatic heterocycles. The van der Waals surface area contributed by atoms with Gasteiger partial charge in [0.1, 0.15) is 0 Å². The van der Waals surface area contributed by atoms with Gasteiger partial charge < -0.3 is 20.1 Å². The maximum Gasteiger partial charge on any atom is 0.387 e. The zero-order valence-electron chi connectivity index (χ0n) is 14.0. The summed E-state index contributed by atoms with van der Waals surface area (Å²) < 4.78 is 41.9. The maximum absolute atomic E-state index is 13.7. The normalized spacial score (nSPS) is 11.5. The van der Waals surface area contributed by atoms with Crippen molar-refractivity contribution in [2.24, 2.45) is 5.41 Å². The second-order valence-corrected chi connectivity index (χ2v) is 6.51. The summed E-state index contributed by atoms with van der Waals surface area (Å²) in [5.41, 5.74) is -0.0328. The van der Waals surface area contributed by atoms with E-state index in [0.717, 1.165) is 12.1 Å². The van der Waals surface area contributed by atoms with Crippen LogP contribution in [0.1, 0.15) is 27.2 Å². The average molecular weight is 348 g/mol. The van der Waals surface area contributed by atoms with Crippen LogP contribution in [-0.4, -0.2) is 42.3 Å². The number of nitrogens with one attached hydrogen (secondary N) is 1. The number of anilines is 1. The number of carbonyl (C=O) groups excluding carboxylic acids is 1. The van der Waals surface area contributed by atoms with Crippen LogP contribution in [0.4, 0.5) is 23.7 Å². The van der Waals surface area contributed by atoms with E-state index in [1.165, 1.54) is 11.0 Å². The van der Waals surface area contributed by atoms with E-state index in [2.05, 4.69) is 10.1 Å². The Morgan fingerprint density at radius 1 is 1.38 bits per heavy atom. The molecule has 0 spiro atoms. The van der Waals surface area contributed by atoms with Gasteiger partial charge in [-0.15, -0.1) is 0 Å². The fraction of sp³-hybridized carbons (Fsp3) is 0.562.